The van der Waals surface area contributed by atoms with E-state index in [1.54, 1.807) is 0 Å². The minimum absolute atomic E-state index is 0.176. The van der Waals surface area contributed by atoms with Crippen LogP contribution in [0.5, 0.6) is 0 Å². The molecule has 1 aliphatic carbocycles. The molecule has 12 rings (SSSR count). The zero-order valence-corrected chi connectivity index (χ0v) is 36.4. The van der Waals surface area contributed by atoms with Crippen LogP contribution in [0.1, 0.15) is 25.0 Å². The molecule has 11 aromatic rings. The van der Waals surface area contributed by atoms with E-state index in [0.29, 0.717) is 5.82 Å². The standard InChI is InChI=1S/C61H42N2S/c1-61(2)54-36-42(39-17-6-3-7-18-39)29-31-49(54)50-32-30-43(37-55(50)61)47-23-12-13-24-51(47)57-38-56(62-60(63-57)41-21-10-5-11-22-41)46-34-44(40-19-8-4-9-20-40)33-45(35-46)48-26-16-27-53-52-25-14-15-28-58(52)64-59(48)53/h3-38H,1-2H3. The number of benzene rings is 9. The number of hydrogen-bond donors (Lipinski definition) is 0. The number of fused-ring (bicyclic) bond motifs is 6. The van der Waals surface area contributed by atoms with Gasteiger partial charge < -0.3 is 0 Å². The third-order valence-electron chi connectivity index (χ3n) is 13.1. The van der Waals surface area contributed by atoms with Crippen LogP contribution in [0.15, 0.2) is 218 Å². The minimum Gasteiger partial charge on any atom is -0.228 e. The van der Waals surface area contributed by atoms with Crippen molar-refractivity contribution in [1.29, 1.82) is 0 Å². The van der Waals surface area contributed by atoms with E-state index in [1.807, 2.05) is 17.4 Å². The second-order valence-corrected chi connectivity index (χ2v) is 18.4. The molecule has 0 radical (unpaired) electrons. The predicted molar refractivity (Wildman–Crippen MR) is 271 cm³/mol. The highest BCUT2D eigenvalue weighted by molar-refractivity contribution is 7.26. The summed E-state index contributed by atoms with van der Waals surface area (Å²) in [6.07, 6.45) is 0. The van der Waals surface area contributed by atoms with Gasteiger partial charge in [0.25, 0.3) is 0 Å². The fourth-order valence-corrected chi connectivity index (χ4v) is 11.1. The molecule has 0 saturated carbocycles. The van der Waals surface area contributed by atoms with Crippen molar-refractivity contribution in [3.8, 4) is 89.5 Å². The number of thiophene rings is 1. The Balaban J connectivity index is 1.02. The summed E-state index contributed by atoms with van der Waals surface area (Å²) in [5.74, 6) is 0.695. The van der Waals surface area contributed by atoms with Crippen molar-refractivity contribution in [2.24, 2.45) is 0 Å². The SMILES string of the molecule is CC1(C)c2cc(-c3ccccc3)ccc2-c2ccc(-c3ccccc3-c3cc(-c4cc(-c5ccccc5)cc(-c5cccc6c5sc5ccccc56)c4)nc(-c4ccccc4)n3)cc21. The summed E-state index contributed by atoms with van der Waals surface area (Å²) >= 11 is 1.86. The lowest BCUT2D eigenvalue weighted by Crippen LogP contribution is -2.15. The van der Waals surface area contributed by atoms with E-state index in [9.17, 15) is 0 Å². The summed E-state index contributed by atoms with van der Waals surface area (Å²) < 4.78 is 2.59. The first-order chi connectivity index (χ1) is 31.5. The Labute approximate surface area is 377 Å². The molecule has 0 fully saturated rings. The fourth-order valence-electron chi connectivity index (χ4n) is 9.83. The van der Waals surface area contributed by atoms with Gasteiger partial charge in [0.05, 0.1) is 11.4 Å². The Morgan fingerprint density at radius 3 is 1.59 bits per heavy atom. The molecule has 0 N–H and O–H groups in total. The van der Waals surface area contributed by atoms with Crippen molar-refractivity contribution in [3.63, 3.8) is 0 Å². The molecule has 0 aliphatic heterocycles. The molecular weight excluding hydrogens is 793 g/mol. The van der Waals surface area contributed by atoms with Crippen LogP contribution in [0.25, 0.3) is 110 Å². The van der Waals surface area contributed by atoms with E-state index < -0.39 is 0 Å². The molecule has 0 atom stereocenters. The third-order valence-corrected chi connectivity index (χ3v) is 14.3. The van der Waals surface area contributed by atoms with Gasteiger partial charge in [0.1, 0.15) is 0 Å². The lowest BCUT2D eigenvalue weighted by Gasteiger charge is -2.23. The van der Waals surface area contributed by atoms with Gasteiger partial charge >= 0.3 is 0 Å². The molecule has 0 bridgehead atoms. The number of aromatic nitrogens is 2. The quantitative estimate of drug-likeness (QED) is 0.160. The van der Waals surface area contributed by atoms with Gasteiger partial charge in [0.2, 0.25) is 0 Å². The second-order valence-electron chi connectivity index (χ2n) is 17.3. The molecule has 0 unspecified atom stereocenters. The number of hydrogen-bond acceptors (Lipinski definition) is 3. The predicted octanol–water partition coefficient (Wildman–Crippen LogP) is 16.8. The molecule has 0 spiro atoms. The van der Waals surface area contributed by atoms with Crippen LogP contribution in [0, 0.1) is 0 Å². The highest BCUT2D eigenvalue weighted by Gasteiger charge is 2.36. The average Bonchev–Trinajstić information content (AvgIpc) is 3.85. The molecule has 2 aromatic heterocycles. The van der Waals surface area contributed by atoms with E-state index in [1.165, 1.54) is 64.7 Å². The van der Waals surface area contributed by atoms with Gasteiger partial charge in [-0.1, -0.05) is 190 Å². The average molecular weight is 835 g/mol. The first-order valence-electron chi connectivity index (χ1n) is 22.0. The summed E-state index contributed by atoms with van der Waals surface area (Å²) in [4.78, 5) is 10.8. The van der Waals surface area contributed by atoms with Crippen molar-refractivity contribution < 1.29 is 0 Å². The van der Waals surface area contributed by atoms with E-state index in [-0.39, 0.29) is 5.41 Å². The van der Waals surface area contributed by atoms with Gasteiger partial charge in [-0.2, -0.15) is 0 Å². The Morgan fingerprint density at radius 2 is 0.859 bits per heavy atom. The van der Waals surface area contributed by atoms with Gasteiger partial charge in [0, 0.05) is 42.3 Å². The maximum absolute atomic E-state index is 5.38. The molecular formula is C61H42N2S. The summed E-state index contributed by atoms with van der Waals surface area (Å²) in [5, 5.41) is 2.58. The number of rotatable bonds is 7. The van der Waals surface area contributed by atoms with E-state index in [0.717, 1.165) is 50.3 Å². The number of nitrogens with zero attached hydrogens (tertiary/aromatic N) is 2. The molecule has 9 aromatic carbocycles. The first-order valence-corrected chi connectivity index (χ1v) is 22.8. The van der Waals surface area contributed by atoms with E-state index in [2.05, 4.69) is 226 Å². The Bertz CT molecular complexity index is 3570. The van der Waals surface area contributed by atoms with Crippen LogP contribution >= 0.6 is 11.3 Å². The Hall–Kier alpha value is -7.72. The van der Waals surface area contributed by atoms with Gasteiger partial charge in [-0.05, 0) is 109 Å². The molecule has 0 saturated heterocycles. The van der Waals surface area contributed by atoms with Gasteiger partial charge in [-0.15, -0.1) is 11.3 Å². The Morgan fingerprint density at radius 1 is 0.328 bits per heavy atom. The molecule has 302 valence electrons. The maximum atomic E-state index is 5.38. The van der Waals surface area contributed by atoms with Crippen LogP contribution in [0.2, 0.25) is 0 Å². The van der Waals surface area contributed by atoms with E-state index >= 15 is 0 Å². The highest BCUT2D eigenvalue weighted by atomic mass is 32.1. The smallest absolute Gasteiger partial charge is 0.160 e. The van der Waals surface area contributed by atoms with Gasteiger partial charge in [-0.25, -0.2) is 9.97 Å². The van der Waals surface area contributed by atoms with Gasteiger partial charge in [-0.3, -0.25) is 0 Å². The van der Waals surface area contributed by atoms with Gasteiger partial charge in [0.15, 0.2) is 5.82 Å². The second kappa shape index (κ2) is 15.3. The van der Waals surface area contributed by atoms with Crippen molar-refractivity contribution in [2.45, 2.75) is 19.3 Å². The van der Waals surface area contributed by atoms with E-state index in [4.69, 9.17) is 9.97 Å². The minimum atomic E-state index is -0.176. The van der Waals surface area contributed by atoms with Crippen LogP contribution in [-0.4, -0.2) is 9.97 Å². The van der Waals surface area contributed by atoms with Crippen molar-refractivity contribution in [3.05, 3.63) is 230 Å². The van der Waals surface area contributed by atoms with Crippen LogP contribution in [0.3, 0.4) is 0 Å². The van der Waals surface area contributed by atoms with Crippen molar-refractivity contribution in [2.75, 3.05) is 0 Å². The van der Waals surface area contributed by atoms with Crippen molar-refractivity contribution >= 4 is 31.5 Å². The lowest BCUT2D eigenvalue weighted by molar-refractivity contribution is 0.661. The summed E-state index contributed by atoms with van der Waals surface area (Å²) in [6.45, 7) is 4.73. The van der Waals surface area contributed by atoms with Crippen LogP contribution < -0.4 is 0 Å². The largest absolute Gasteiger partial charge is 0.228 e. The first kappa shape index (κ1) is 38.0. The topological polar surface area (TPSA) is 25.8 Å². The summed E-state index contributed by atoms with van der Waals surface area (Å²) in [6, 6.07) is 79.1. The molecule has 64 heavy (non-hydrogen) atoms. The monoisotopic (exact) mass is 834 g/mol. The third kappa shape index (κ3) is 6.47. The highest BCUT2D eigenvalue weighted by Crippen LogP contribution is 2.51. The van der Waals surface area contributed by atoms with Crippen LogP contribution in [-0.2, 0) is 5.41 Å². The molecule has 3 heteroatoms. The Kier molecular flexibility index (Phi) is 9.06. The normalized spacial score (nSPS) is 12.7. The van der Waals surface area contributed by atoms with Crippen molar-refractivity contribution in [1.82, 2.24) is 9.97 Å². The zero-order valence-electron chi connectivity index (χ0n) is 35.6. The molecule has 2 heterocycles. The lowest BCUT2D eigenvalue weighted by atomic mass is 9.80. The summed E-state index contributed by atoms with van der Waals surface area (Å²) in [7, 11) is 0. The van der Waals surface area contributed by atoms with Crippen LogP contribution in [0.4, 0.5) is 0 Å². The zero-order chi connectivity index (χ0) is 42.8. The fraction of sp³-hybridized carbons (Fsp3) is 0.0492. The molecule has 0 amide bonds. The molecule has 1 aliphatic rings. The summed E-state index contributed by atoms with van der Waals surface area (Å²) in [5.41, 5.74) is 19.5. The maximum Gasteiger partial charge on any atom is 0.160 e. The molecule has 2 nitrogen and oxygen atoms in total.